The van der Waals surface area contributed by atoms with Gasteiger partial charge in [-0.3, -0.25) is 11.3 Å². The second-order valence-corrected chi connectivity index (χ2v) is 3.89. The van der Waals surface area contributed by atoms with E-state index in [-0.39, 0.29) is 6.04 Å². The molecule has 0 aliphatic heterocycles. The van der Waals surface area contributed by atoms with Crippen molar-refractivity contribution >= 4 is 0 Å². The average molecular weight is 238 g/mol. The van der Waals surface area contributed by atoms with E-state index in [9.17, 15) is 0 Å². The largest absolute Gasteiger partial charge is 0.491 e. The molecule has 0 aliphatic carbocycles. The highest BCUT2D eigenvalue weighted by Gasteiger charge is 2.13. The van der Waals surface area contributed by atoms with Gasteiger partial charge in [-0.2, -0.15) is 0 Å². The van der Waals surface area contributed by atoms with E-state index in [4.69, 9.17) is 15.3 Å². The molecule has 0 aromatic heterocycles. The molecule has 0 heterocycles. The lowest BCUT2D eigenvalue weighted by molar-refractivity contribution is 0.145. The van der Waals surface area contributed by atoms with Gasteiger partial charge in [0.05, 0.1) is 6.61 Å². The third kappa shape index (κ3) is 4.34. The third-order valence-electron chi connectivity index (χ3n) is 2.62. The Labute approximate surface area is 103 Å². The zero-order valence-electron chi connectivity index (χ0n) is 10.6. The van der Waals surface area contributed by atoms with Gasteiger partial charge in [-0.05, 0) is 12.5 Å². The van der Waals surface area contributed by atoms with Crippen molar-refractivity contribution in [3.63, 3.8) is 0 Å². The number of para-hydroxylation sites is 1. The van der Waals surface area contributed by atoms with Gasteiger partial charge in [0.1, 0.15) is 12.4 Å². The van der Waals surface area contributed by atoms with E-state index in [1.165, 1.54) is 0 Å². The van der Waals surface area contributed by atoms with Crippen LogP contribution in [-0.2, 0) is 4.74 Å². The summed E-state index contributed by atoms with van der Waals surface area (Å²) in [6, 6.07) is 8.11. The van der Waals surface area contributed by atoms with Crippen molar-refractivity contribution in [2.45, 2.75) is 25.8 Å². The molecule has 1 rings (SSSR count). The minimum Gasteiger partial charge on any atom is -0.491 e. The molecular weight excluding hydrogens is 216 g/mol. The Morgan fingerprint density at radius 3 is 2.71 bits per heavy atom. The topological polar surface area (TPSA) is 56.5 Å². The van der Waals surface area contributed by atoms with Crippen LogP contribution in [0, 0.1) is 0 Å². The van der Waals surface area contributed by atoms with Crippen LogP contribution in [0.2, 0.25) is 0 Å². The number of hydrogen-bond donors (Lipinski definition) is 2. The minimum atomic E-state index is 0.138. The van der Waals surface area contributed by atoms with Crippen LogP contribution in [0.15, 0.2) is 24.3 Å². The van der Waals surface area contributed by atoms with Gasteiger partial charge in [0.25, 0.3) is 0 Å². The summed E-state index contributed by atoms with van der Waals surface area (Å²) in [4.78, 5) is 0. The highest BCUT2D eigenvalue weighted by atomic mass is 16.5. The molecule has 0 spiro atoms. The van der Waals surface area contributed by atoms with Crippen molar-refractivity contribution in [1.29, 1.82) is 0 Å². The predicted octanol–water partition coefficient (Wildman–Crippen LogP) is 2.02. The Morgan fingerprint density at radius 2 is 2.06 bits per heavy atom. The summed E-state index contributed by atoms with van der Waals surface area (Å²) in [5.41, 5.74) is 3.94. The number of hydrazine groups is 1. The Balaban J connectivity index is 2.74. The molecule has 17 heavy (non-hydrogen) atoms. The zero-order chi connectivity index (χ0) is 12.5. The number of nitrogens with one attached hydrogen (secondary N) is 1. The summed E-state index contributed by atoms with van der Waals surface area (Å²) in [5.74, 6) is 6.46. The Hall–Kier alpha value is -1.10. The number of hydrogen-bond acceptors (Lipinski definition) is 4. The first-order valence-corrected chi connectivity index (χ1v) is 6.00. The number of rotatable bonds is 8. The normalized spacial score (nSPS) is 12.4. The highest BCUT2D eigenvalue weighted by Crippen LogP contribution is 2.27. The summed E-state index contributed by atoms with van der Waals surface area (Å²) < 4.78 is 10.7. The molecule has 0 amide bonds. The fourth-order valence-electron chi connectivity index (χ4n) is 1.75. The summed E-state index contributed by atoms with van der Waals surface area (Å²) in [7, 11) is 1.66. The molecule has 0 saturated heterocycles. The number of nitrogens with two attached hydrogens (primary N) is 1. The van der Waals surface area contributed by atoms with E-state index in [2.05, 4.69) is 12.3 Å². The smallest absolute Gasteiger partial charge is 0.124 e. The maximum atomic E-state index is 5.69. The van der Waals surface area contributed by atoms with Crippen LogP contribution in [0.5, 0.6) is 5.75 Å². The Kier molecular flexibility index (Phi) is 6.62. The molecule has 96 valence electrons. The first kappa shape index (κ1) is 14.0. The molecule has 0 saturated carbocycles. The standard InChI is InChI=1S/C13H22N2O2/c1-3-6-12(15-14)11-7-4-5-8-13(11)17-10-9-16-2/h4-5,7-8,12,15H,3,6,9-10,14H2,1-2H3. The van der Waals surface area contributed by atoms with Crippen LogP contribution in [0.3, 0.4) is 0 Å². The van der Waals surface area contributed by atoms with E-state index in [0.717, 1.165) is 24.2 Å². The van der Waals surface area contributed by atoms with E-state index < -0.39 is 0 Å². The maximum Gasteiger partial charge on any atom is 0.124 e. The first-order chi connectivity index (χ1) is 8.33. The van der Waals surface area contributed by atoms with Crippen molar-refractivity contribution in [3.05, 3.63) is 29.8 Å². The molecule has 0 aliphatic rings. The lowest BCUT2D eigenvalue weighted by Gasteiger charge is -2.19. The van der Waals surface area contributed by atoms with Crippen molar-refractivity contribution in [3.8, 4) is 5.75 Å². The SMILES string of the molecule is CCCC(NN)c1ccccc1OCCOC. The predicted molar refractivity (Wildman–Crippen MR) is 68.8 cm³/mol. The molecule has 0 radical (unpaired) electrons. The molecule has 1 atom stereocenters. The molecule has 4 nitrogen and oxygen atoms in total. The highest BCUT2D eigenvalue weighted by molar-refractivity contribution is 5.35. The molecule has 4 heteroatoms. The van der Waals surface area contributed by atoms with Crippen LogP contribution in [0.4, 0.5) is 0 Å². The molecule has 1 aromatic rings. The molecule has 0 fully saturated rings. The maximum absolute atomic E-state index is 5.69. The average Bonchev–Trinajstić information content (AvgIpc) is 2.37. The van der Waals surface area contributed by atoms with Gasteiger partial charge >= 0.3 is 0 Å². The Morgan fingerprint density at radius 1 is 1.29 bits per heavy atom. The van der Waals surface area contributed by atoms with Gasteiger partial charge in [0, 0.05) is 18.7 Å². The van der Waals surface area contributed by atoms with Gasteiger partial charge in [-0.1, -0.05) is 31.5 Å². The number of ether oxygens (including phenoxy) is 2. The quantitative estimate of drug-likeness (QED) is 0.413. The van der Waals surface area contributed by atoms with E-state index >= 15 is 0 Å². The Bertz CT molecular complexity index is 318. The van der Waals surface area contributed by atoms with E-state index in [1.54, 1.807) is 7.11 Å². The summed E-state index contributed by atoms with van der Waals surface area (Å²) in [6.45, 7) is 3.28. The zero-order valence-corrected chi connectivity index (χ0v) is 10.6. The minimum absolute atomic E-state index is 0.138. The lowest BCUT2D eigenvalue weighted by Crippen LogP contribution is -2.28. The van der Waals surface area contributed by atoms with Crippen molar-refractivity contribution in [2.24, 2.45) is 5.84 Å². The van der Waals surface area contributed by atoms with Crippen LogP contribution >= 0.6 is 0 Å². The molecular formula is C13H22N2O2. The molecule has 1 aromatic carbocycles. The van der Waals surface area contributed by atoms with Crippen LogP contribution in [0.25, 0.3) is 0 Å². The molecule has 3 N–H and O–H groups in total. The van der Waals surface area contributed by atoms with Crippen molar-refractivity contribution in [2.75, 3.05) is 20.3 Å². The molecule has 0 bridgehead atoms. The van der Waals surface area contributed by atoms with Gasteiger partial charge in [0.2, 0.25) is 0 Å². The monoisotopic (exact) mass is 238 g/mol. The summed E-state index contributed by atoms with van der Waals surface area (Å²) in [5, 5.41) is 0. The fraction of sp³-hybridized carbons (Fsp3) is 0.538. The number of benzene rings is 1. The van der Waals surface area contributed by atoms with Crippen LogP contribution < -0.4 is 16.0 Å². The van der Waals surface area contributed by atoms with Crippen molar-refractivity contribution in [1.82, 2.24) is 5.43 Å². The van der Waals surface area contributed by atoms with Gasteiger partial charge < -0.3 is 9.47 Å². The lowest BCUT2D eigenvalue weighted by atomic mass is 10.0. The van der Waals surface area contributed by atoms with E-state index in [1.807, 2.05) is 24.3 Å². The van der Waals surface area contributed by atoms with Crippen LogP contribution in [0.1, 0.15) is 31.4 Å². The third-order valence-corrected chi connectivity index (χ3v) is 2.62. The van der Waals surface area contributed by atoms with Crippen molar-refractivity contribution < 1.29 is 9.47 Å². The summed E-state index contributed by atoms with van der Waals surface area (Å²) >= 11 is 0. The number of methoxy groups -OCH3 is 1. The summed E-state index contributed by atoms with van der Waals surface area (Å²) in [6.07, 6.45) is 2.06. The molecule has 1 unspecified atom stereocenters. The first-order valence-electron chi connectivity index (χ1n) is 6.00. The van der Waals surface area contributed by atoms with Gasteiger partial charge in [0.15, 0.2) is 0 Å². The van der Waals surface area contributed by atoms with Gasteiger partial charge in [-0.25, -0.2) is 0 Å². The van der Waals surface area contributed by atoms with E-state index in [0.29, 0.717) is 13.2 Å². The fourth-order valence-corrected chi connectivity index (χ4v) is 1.75. The van der Waals surface area contributed by atoms with Gasteiger partial charge in [-0.15, -0.1) is 0 Å². The second kappa shape index (κ2) is 8.06. The van der Waals surface area contributed by atoms with Crippen LogP contribution in [-0.4, -0.2) is 20.3 Å². The second-order valence-electron chi connectivity index (χ2n) is 3.89.